The third-order valence-corrected chi connectivity index (χ3v) is 3.73. The number of benzene rings is 1. The number of methoxy groups -OCH3 is 1. The highest BCUT2D eigenvalue weighted by atomic mass is 19.3. The van der Waals surface area contributed by atoms with Crippen LogP contribution in [0, 0.1) is 0 Å². The summed E-state index contributed by atoms with van der Waals surface area (Å²) in [5.74, 6) is -2.57. The minimum absolute atomic E-state index is 0.0167. The summed E-state index contributed by atoms with van der Waals surface area (Å²) in [5, 5.41) is 3.13. The molecule has 1 aromatic carbocycles. The fraction of sp³-hybridized carbons (Fsp3) is 0.600. The average Bonchev–Trinajstić information content (AvgIpc) is 2.90. The average molecular weight is 269 g/mol. The number of hydrogen-bond acceptors (Lipinski definition) is 2. The van der Waals surface area contributed by atoms with Gasteiger partial charge in [0.1, 0.15) is 5.75 Å². The van der Waals surface area contributed by atoms with Gasteiger partial charge >= 0.3 is 0 Å². The third-order valence-electron chi connectivity index (χ3n) is 3.73. The molecule has 1 atom stereocenters. The molecule has 1 aliphatic heterocycles. The van der Waals surface area contributed by atoms with Gasteiger partial charge in [-0.15, -0.1) is 0 Å². The summed E-state index contributed by atoms with van der Waals surface area (Å²) in [4.78, 5) is 0. The fourth-order valence-electron chi connectivity index (χ4n) is 2.61. The second-order valence-corrected chi connectivity index (χ2v) is 5.09. The van der Waals surface area contributed by atoms with Crippen molar-refractivity contribution >= 4 is 0 Å². The molecule has 1 unspecified atom stereocenters. The molecule has 1 saturated heterocycles. The number of ether oxygens (including phenoxy) is 1. The molecule has 0 saturated carbocycles. The molecule has 0 spiro atoms. The first-order valence-electron chi connectivity index (χ1n) is 6.85. The van der Waals surface area contributed by atoms with E-state index in [1.165, 1.54) is 7.11 Å². The number of nitrogens with one attached hydrogen (secondary N) is 1. The molecule has 106 valence electrons. The SMILES string of the molecule is CCc1ccc(OC)c(C(F)(F)CC2CCCN2)c1. The Morgan fingerprint density at radius 1 is 1.42 bits per heavy atom. The minimum atomic E-state index is -2.85. The molecule has 0 bridgehead atoms. The van der Waals surface area contributed by atoms with Crippen molar-refractivity contribution in [1.29, 1.82) is 0 Å². The zero-order valence-electron chi connectivity index (χ0n) is 11.5. The second-order valence-electron chi connectivity index (χ2n) is 5.09. The number of rotatable bonds is 5. The summed E-state index contributed by atoms with van der Waals surface area (Å²) in [6.07, 6.45) is 2.39. The molecule has 1 aromatic rings. The van der Waals surface area contributed by atoms with Gasteiger partial charge < -0.3 is 10.1 Å². The van der Waals surface area contributed by atoms with Gasteiger partial charge in [-0.05, 0) is 43.5 Å². The largest absolute Gasteiger partial charge is 0.496 e. The molecule has 2 rings (SSSR count). The quantitative estimate of drug-likeness (QED) is 0.883. The summed E-state index contributed by atoms with van der Waals surface area (Å²) in [7, 11) is 1.44. The maximum absolute atomic E-state index is 14.5. The molecule has 0 aliphatic carbocycles. The summed E-state index contributed by atoms with van der Waals surface area (Å²) < 4.78 is 34.0. The Morgan fingerprint density at radius 3 is 2.79 bits per heavy atom. The van der Waals surface area contributed by atoms with Crippen molar-refractivity contribution in [2.45, 2.75) is 44.6 Å². The highest BCUT2D eigenvalue weighted by Gasteiger charge is 2.38. The first-order valence-corrected chi connectivity index (χ1v) is 6.85. The van der Waals surface area contributed by atoms with Crippen LogP contribution in [0.5, 0.6) is 5.75 Å². The van der Waals surface area contributed by atoms with Gasteiger partial charge in [0.15, 0.2) is 0 Å². The molecule has 1 heterocycles. The van der Waals surface area contributed by atoms with Gasteiger partial charge in [0.2, 0.25) is 0 Å². The van der Waals surface area contributed by atoms with Gasteiger partial charge in [0.05, 0.1) is 12.7 Å². The number of alkyl halides is 2. The van der Waals surface area contributed by atoms with Crippen LogP contribution in [0.3, 0.4) is 0 Å². The van der Waals surface area contributed by atoms with E-state index in [1.54, 1.807) is 12.1 Å². The zero-order chi connectivity index (χ0) is 13.9. The summed E-state index contributed by atoms with van der Waals surface area (Å²) in [6, 6.07) is 4.97. The van der Waals surface area contributed by atoms with E-state index in [-0.39, 0.29) is 23.8 Å². The minimum Gasteiger partial charge on any atom is -0.496 e. The van der Waals surface area contributed by atoms with Crippen LogP contribution >= 0.6 is 0 Å². The predicted octanol–water partition coefficient (Wildman–Crippen LogP) is 3.49. The van der Waals surface area contributed by atoms with Gasteiger partial charge in [-0.25, -0.2) is 8.78 Å². The van der Waals surface area contributed by atoms with Crippen LogP contribution in [0.2, 0.25) is 0 Å². The van der Waals surface area contributed by atoms with E-state index in [4.69, 9.17) is 4.74 Å². The smallest absolute Gasteiger partial charge is 0.278 e. The summed E-state index contributed by atoms with van der Waals surface area (Å²) >= 11 is 0. The monoisotopic (exact) mass is 269 g/mol. The molecule has 0 radical (unpaired) electrons. The predicted molar refractivity (Wildman–Crippen MR) is 71.9 cm³/mol. The van der Waals surface area contributed by atoms with E-state index in [9.17, 15) is 8.78 Å². The Balaban J connectivity index is 2.25. The van der Waals surface area contributed by atoms with Crippen LogP contribution in [-0.4, -0.2) is 19.7 Å². The third kappa shape index (κ3) is 3.24. The first kappa shape index (κ1) is 14.3. The van der Waals surface area contributed by atoms with Gasteiger partial charge in [0, 0.05) is 12.5 Å². The van der Waals surface area contributed by atoms with Crippen molar-refractivity contribution < 1.29 is 13.5 Å². The Labute approximate surface area is 113 Å². The molecule has 4 heteroatoms. The first-order chi connectivity index (χ1) is 9.06. The lowest BCUT2D eigenvalue weighted by Crippen LogP contribution is -2.29. The van der Waals surface area contributed by atoms with E-state index in [2.05, 4.69) is 5.32 Å². The fourth-order valence-corrected chi connectivity index (χ4v) is 2.61. The lowest BCUT2D eigenvalue weighted by atomic mass is 9.97. The van der Waals surface area contributed by atoms with Crippen molar-refractivity contribution in [3.05, 3.63) is 29.3 Å². The number of halogens is 2. The van der Waals surface area contributed by atoms with Gasteiger partial charge in [-0.3, -0.25) is 0 Å². The van der Waals surface area contributed by atoms with Gasteiger partial charge in [0.25, 0.3) is 5.92 Å². The van der Waals surface area contributed by atoms with Crippen LogP contribution in [-0.2, 0) is 12.3 Å². The lowest BCUT2D eigenvalue weighted by molar-refractivity contribution is -0.0233. The molecule has 0 amide bonds. The zero-order valence-corrected chi connectivity index (χ0v) is 11.5. The lowest BCUT2D eigenvalue weighted by Gasteiger charge is -2.23. The summed E-state index contributed by atoms with van der Waals surface area (Å²) in [6.45, 7) is 2.80. The maximum Gasteiger partial charge on any atom is 0.278 e. The van der Waals surface area contributed by atoms with E-state index in [0.717, 1.165) is 31.4 Å². The summed E-state index contributed by atoms with van der Waals surface area (Å²) in [5.41, 5.74) is 0.929. The Morgan fingerprint density at radius 2 is 2.21 bits per heavy atom. The van der Waals surface area contributed by atoms with E-state index in [1.807, 2.05) is 13.0 Å². The molecule has 2 nitrogen and oxygen atoms in total. The van der Waals surface area contributed by atoms with E-state index < -0.39 is 5.92 Å². The van der Waals surface area contributed by atoms with Crippen LogP contribution < -0.4 is 10.1 Å². The van der Waals surface area contributed by atoms with Gasteiger partial charge in [-0.1, -0.05) is 13.0 Å². The Kier molecular flexibility index (Phi) is 4.40. The normalized spacial score (nSPS) is 19.7. The standard InChI is InChI=1S/C15H21F2NO/c1-3-11-6-7-14(19-2)13(9-11)15(16,17)10-12-5-4-8-18-12/h6-7,9,12,18H,3-5,8,10H2,1-2H3. The van der Waals surface area contributed by atoms with Crippen molar-refractivity contribution in [3.63, 3.8) is 0 Å². The van der Waals surface area contributed by atoms with Crippen LogP contribution in [0.4, 0.5) is 8.78 Å². The van der Waals surface area contributed by atoms with E-state index >= 15 is 0 Å². The highest BCUT2D eigenvalue weighted by Crippen LogP contribution is 2.40. The number of aryl methyl sites for hydroxylation is 1. The second kappa shape index (κ2) is 5.87. The molecule has 19 heavy (non-hydrogen) atoms. The molecule has 1 aliphatic rings. The number of hydrogen-bond donors (Lipinski definition) is 1. The molecule has 1 N–H and O–H groups in total. The van der Waals surface area contributed by atoms with Crippen molar-refractivity contribution in [2.24, 2.45) is 0 Å². The maximum atomic E-state index is 14.5. The van der Waals surface area contributed by atoms with Crippen LogP contribution in [0.25, 0.3) is 0 Å². The van der Waals surface area contributed by atoms with E-state index in [0.29, 0.717) is 0 Å². The Bertz CT molecular complexity index is 428. The molecule has 0 aromatic heterocycles. The van der Waals surface area contributed by atoms with Gasteiger partial charge in [-0.2, -0.15) is 0 Å². The topological polar surface area (TPSA) is 21.3 Å². The van der Waals surface area contributed by atoms with Crippen molar-refractivity contribution in [2.75, 3.05) is 13.7 Å². The van der Waals surface area contributed by atoms with Crippen molar-refractivity contribution in [3.8, 4) is 5.75 Å². The molecular weight excluding hydrogens is 248 g/mol. The van der Waals surface area contributed by atoms with Crippen LogP contribution in [0.1, 0.15) is 37.3 Å². The Hall–Kier alpha value is -1.16. The molecule has 1 fully saturated rings. The van der Waals surface area contributed by atoms with Crippen LogP contribution in [0.15, 0.2) is 18.2 Å². The molecular formula is C15H21F2NO. The van der Waals surface area contributed by atoms with Crippen molar-refractivity contribution in [1.82, 2.24) is 5.32 Å². The highest BCUT2D eigenvalue weighted by molar-refractivity contribution is 5.40.